The van der Waals surface area contributed by atoms with Crippen LogP contribution in [0.25, 0.3) is 0 Å². The normalized spacial score (nSPS) is 1.50. The van der Waals surface area contributed by atoms with Crippen molar-refractivity contribution in [3.05, 3.63) is 0 Å². The van der Waals surface area contributed by atoms with Gasteiger partial charge in [-0.3, -0.25) is 18.8 Å². The summed E-state index contributed by atoms with van der Waals surface area (Å²) in [5, 5.41) is 11.0. The van der Waals surface area contributed by atoms with Gasteiger partial charge in [-0.2, -0.15) is 0 Å². The molecule has 0 rings (SSSR count). The van der Waals surface area contributed by atoms with Gasteiger partial charge >= 0.3 is 23.7 Å². The second-order valence-corrected chi connectivity index (χ2v) is 0. The molecule has 0 aromatic heterocycles. The maximum atomic E-state index is 8.50. The molecule has 0 fully saturated rings. The van der Waals surface area contributed by atoms with E-state index in [0.717, 1.165) is 20.4 Å². The summed E-state index contributed by atoms with van der Waals surface area (Å²) in [6, 6.07) is 0. The molecule has 70 valence electrons. The molecule has 10 heteroatoms. The summed E-state index contributed by atoms with van der Waals surface area (Å²) in [6.45, 7) is 0. The second-order valence-electron chi connectivity index (χ2n) is 0. The standard InChI is InChI=1S/2FHO.4FH.O.Ti/c2*1-2;;;;;;/h2*2H;4*1H;;. The van der Waals surface area contributed by atoms with Gasteiger partial charge in [0.1, 0.15) is 0 Å². The van der Waals surface area contributed by atoms with Gasteiger partial charge in [0.2, 0.25) is 0 Å². The first kappa shape index (κ1) is 89.6. The van der Waals surface area contributed by atoms with Gasteiger partial charge in [-0.25, -0.2) is 10.6 Å². The van der Waals surface area contributed by atoms with Crippen LogP contribution < -0.4 is 0 Å². The molecule has 0 saturated heterocycles. The first-order valence-electron chi connectivity index (χ1n) is 0.542. The van der Waals surface area contributed by atoms with E-state index in [-0.39, 0.29) is 18.8 Å². The van der Waals surface area contributed by atoms with Crippen molar-refractivity contribution in [2.45, 2.75) is 0 Å². The maximum absolute atomic E-state index is 8.50. The average Bonchev–Trinajstić information content (AvgIpc) is 1.81. The minimum absolute atomic E-state index is 0. The molecule has 0 amide bonds. The van der Waals surface area contributed by atoms with Gasteiger partial charge in [0.15, 0.2) is 0 Å². The SMILES string of the molecule is F.F.F.F.OF.OF.[O]=[Ti]. The Hall–Kier alpha value is 0.0143. The Kier molecular flexibility index (Phi) is 25400000. The summed E-state index contributed by atoms with van der Waals surface area (Å²) in [4.78, 5) is 0. The fraction of sp³-hybridized carbons (Fsp3) is 0. The third kappa shape index (κ3) is 1930000. The van der Waals surface area contributed by atoms with Crippen LogP contribution in [0.4, 0.5) is 27.9 Å². The van der Waals surface area contributed by atoms with Crippen molar-refractivity contribution in [2.75, 3.05) is 0 Å². The topological polar surface area (TPSA) is 57.5 Å². The fourth-order valence-corrected chi connectivity index (χ4v) is 0. The van der Waals surface area contributed by atoms with Crippen molar-refractivity contribution in [1.29, 1.82) is 0 Å². The third-order valence-electron chi connectivity index (χ3n) is 0. The van der Waals surface area contributed by atoms with Crippen LogP contribution >= 0.6 is 0 Å². The van der Waals surface area contributed by atoms with Crippen molar-refractivity contribution in [1.82, 2.24) is 0 Å². The van der Waals surface area contributed by atoms with Crippen LogP contribution in [0.3, 0.4) is 0 Å². The molecule has 0 spiro atoms. The fourth-order valence-electron chi connectivity index (χ4n) is 0. The number of rotatable bonds is 0. The molecule has 2 N–H and O–H groups in total. The molecule has 0 saturated carbocycles. The van der Waals surface area contributed by atoms with Crippen LogP contribution in [0.5, 0.6) is 0 Å². The summed E-state index contributed by atoms with van der Waals surface area (Å²) in [5.41, 5.74) is 0. The zero-order chi connectivity index (χ0) is 6.00. The van der Waals surface area contributed by atoms with Crippen LogP contribution in [-0.4, -0.2) is 10.6 Å². The van der Waals surface area contributed by atoms with Crippen molar-refractivity contribution >= 4 is 0 Å². The van der Waals surface area contributed by atoms with E-state index in [1.54, 1.807) is 0 Å². The first-order valence-corrected chi connectivity index (χ1v) is 1.18. The minimum atomic E-state index is 0. The van der Waals surface area contributed by atoms with E-state index in [4.69, 9.17) is 23.0 Å². The Morgan fingerprint density at radius 3 is 0.700 bits per heavy atom. The molecular formula is H6F6O3Ti. The molecular weight excluding hydrogens is 210 g/mol. The Balaban J connectivity index is -0.00000000225. The molecule has 10 heavy (non-hydrogen) atoms. The first-order chi connectivity index (χ1) is 3.00. The summed E-state index contributed by atoms with van der Waals surface area (Å²) in [6.07, 6.45) is 0. The zero-order valence-corrected chi connectivity index (χ0v) is 5.75. The van der Waals surface area contributed by atoms with E-state index in [9.17, 15) is 0 Å². The van der Waals surface area contributed by atoms with Crippen LogP contribution in [-0.2, 0) is 23.7 Å². The van der Waals surface area contributed by atoms with Gasteiger partial charge in [-0.05, 0) is 0 Å². The monoisotopic (exact) mass is 216 g/mol. The van der Waals surface area contributed by atoms with Crippen LogP contribution in [0.2, 0.25) is 0 Å². The van der Waals surface area contributed by atoms with E-state index in [2.05, 4.69) is 0 Å². The second kappa shape index (κ2) is 2840000. The molecule has 0 radical (unpaired) electrons. The van der Waals surface area contributed by atoms with E-state index in [1.165, 1.54) is 0 Å². The number of halogens is 6. The van der Waals surface area contributed by atoms with E-state index in [1.807, 2.05) is 0 Å². The van der Waals surface area contributed by atoms with Crippen molar-refractivity contribution in [2.24, 2.45) is 0 Å². The molecule has 0 bridgehead atoms. The summed E-state index contributed by atoms with van der Waals surface area (Å²) >= 11 is 0.750. The van der Waals surface area contributed by atoms with Gasteiger partial charge in [0, 0.05) is 0 Å². The molecule has 0 atom stereocenters. The van der Waals surface area contributed by atoms with Gasteiger partial charge < -0.3 is 0 Å². The van der Waals surface area contributed by atoms with Crippen molar-refractivity contribution in [3.8, 4) is 0 Å². The average molecular weight is 216 g/mol. The Labute approximate surface area is 63.0 Å². The Morgan fingerprint density at radius 1 is 0.700 bits per heavy atom. The van der Waals surface area contributed by atoms with E-state index in [0.29, 0.717) is 0 Å². The number of hydrogen-bond acceptors (Lipinski definition) is 3. The molecule has 3 nitrogen and oxygen atoms in total. The molecule has 0 aliphatic rings. The predicted molar refractivity (Wildman–Crippen MR) is 17.4 cm³/mol. The quantitative estimate of drug-likeness (QED) is 0.449. The summed E-state index contributed by atoms with van der Waals surface area (Å²) in [7, 11) is 0. The van der Waals surface area contributed by atoms with Crippen LogP contribution in [0, 0.1) is 0 Å². The van der Waals surface area contributed by atoms with Gasteiger partial charge in [0.05, 0.1) is 0 Å². The van der Waals surface area contributed by atoms with E-state index < -0.39 is 0 Å². The molecule has 0 aliphatic carbocycles. The van der Waals surface area contributed by atoms with Crippen LogP contribution in [0.1, 0.15) is 0 Å². The zero-order valence-electron chi connectivity index (χ0n) is 4.19. The third-order valence-corrected chi connectivity index (χ3v) is 0. The van der Waals surface area contributed by atoms with Gasteiger partial charge in [-0.15, -0.1) is 0 Å². The van der Waals surface area contributed by atoms with E-state index >= 15 is 0 Å². The van der Waals surface area contributed by atoms with Crippen LogP contribution in [0.15, 0.2) is 0 Å². The molecule has 0 aromatic carbocycles. The van der Waals surface area contributed by atoms with Crippen molar-refractivity contribution in [3.63, 3.8) is 0 Å². The summed E-state index contributed by atoms with van der Waals surface area (Å²) < 4.78 is 25.2. The molecule has 0 aromatic rings. The van der Waals surface area contributed by atoms with Gasteiger partial charge in [0.25, 0.3) is 0 Å². The molecule has 0 unspecified atom stereocenters. The molecule has 0 aliphatic heterocycles. The van der Waals surface area contributed by atoms with Crippen molar-refractivity contribution < 1.29 is 62.2 Å². The predicted octanol–water partition coefficient (Wildman–Crippen LogP) is 0.215. The Morgan fingerprint density at radius 2 is 0.700 bits per heavy atom. The summed E-state index contributed by atoms with van der Waals surface area (Å²) in [5.74, 6) is 0. The Bertz CT molecular complexity index is 13.0. The molecule has 0 heterocycles. The number of hydrogen-bond donors (Lipinski definition) is 2. The van der Waals surface area contributed by atoms with Gasteiger partial charge in [-0.1, -0.05) is 9.05 Å².